The van der Waals surface area contributed by atoms with Crippen molar-refractivity contribution >= 4 is 29.4 Å². The summed E-state index contributed by atoms with van der Waals surface area (Å²) in [6.07, 6.45) is 1.87. The van der Waals surface area contributed by atoms with Crippen molar-refractivity contribution in [3.05, 3.63) is 64.7 Å². The third-order valence-corrected chi connectivity index (χ3v) is 3.88. The Hall–Kier alpha value is -2.79. The van der Waals surface area contributed by atoms with E-state index in [1.54, 1.807) is 48.5 Å². The van der Waals surface area contributed by atoms with Crippen molar-refractivity contribution in [3.8, 4) is 11.5 Å². The highest BCUT2D eigenvalue weighted by Gasteiger charge is 2.18. The number of Topliss-reactive ketones (excluding diaryl/α,β-unsaturated/α-hetero) is 1. The molecule has 0 amide bonds. The molecule has 6 heteroatoms. The molecule has 0 fully saturated rings. The van der Waals surface area contributed by atoms with Crippen LogP contribution in [0, 0.1) is 0 Å². The van der Waals surface area contributed by atoms with E-state index < -0.39 is 12.1 Å². The summed E-state index contributed by atoms with van der Waals surface area (Å²) in [5.74, 6) is 0.116. The molecule has 136 valence electrons. The van der Waals surface area contributed by atoms with Gasteiger partial charge in [-0.25, -0.2) is 4.79 Å². The molecule has 0 N–H and O–H groups in total. The maximum absolute atomic E-state index is 12.3. The number of ketones is 1. The van der Waals surface area contributed by atoms with Gasteiger partial charge in [-0.2, -0.15) is 0 Å². The van der Waals surface area contributed by atoms with E-state index in [2.05, 4.69) is 0 Å². The van der Waals surface area contributed by atoms with E-state index in [4.69, 9.17) is 25.8 Å². The molecule has 0 spiro atoms. The molecule has 0 saturated carbocycles. The summed E-state index contributed by atoms with van der Waals surface area (Å²) in [5.41, 5.74) is 1.08. The van der Waals surface area contributed by atoms with Crippen LogP contribution in [0.25, 0.3) is 6.08 Å². The van der Waals surface area contributed by atoms with Crippen molar-refractivity contribution in [1.29, 1.82) is 0 Å². The van der Waals surface area contributed by atoms with Crippen molar-refractivity contribution in [2.75, 3.05) is 14.2 Å². The molecule has 5 nitrogen and oxygen atoms in total. The smallest absolute Gasteiger partial charge is 0.331 e. The molecular formula is C20H19ClO5. The number of para-hydroxylation sites is 1. The minimum atomic E-state index is -0.916. The van der Waals surface area contributed by atoms with E-state index in [1.165, 1.54) is 27.2 Å². The maximum atomic E-state index is 12.3. The Labute approximate surface area is 157 Å². The standard InChI is InChI=1S/C20H19ClO5/c1-13(19(23)14-7-10-16(21)11-8-14)26-18(22)12-9-15-5-4-6-17(24-2)20(15)25-3/h4-13H,1-3H3/b12-9+/t13-/m0/s1. The van der Waals surface area contributed by atoms with Gasteiger partial charge in [0.05, 0.1) is 14.2 Å². The highest BCUT2D eigenvalue weighted by molar-refractivity contribution is 6.30. The Morgan fingerprint density at radius 3 is 2.35 bits per heavy atom. The van der Waals surface area contributed by atoms with Gasteiger partial charge in [0, 0.05) is 22.2 Å². The molecule has 0 aliphatic rings. The molecule has 0 aliphatic heterocycles. The van der Waals surface area contributed by atoms with Crippen LogP contribution in [0.2, 0.25) is 5.02 Å². The molecule has 0 aliphatic carbocycles. The molecule has 0 aromatic heterocycles. The quantitative estimate of drug-likeness (QED) is 0.413. The predicted molar refractivity (Wildman–Crippen MR) is 99.9 cm³/mol. The van der Waals surface area contributed by atoms with Crippen molar-refractivity contribution < 1.29 is 23.8 Å². The van der Waals surface area contributed by atoms with E-state index in [1.807, 2.05) is 0 Å². The van der Waals surface area contributed by atoms with E-state index in [0.29, 0.717) is 27.6 Å². The lowest BCUT2D eigenvalue weighted by atomic mass is 10.1. The van der Waals surface area contributed by atoms with Crippen LogP contribution in [-0.4, -0.2) is 32.1 Å². The van der Waals surface area contributed by atoms with Crippen LogP contribution >= 0.6 is 11.6 Å². The van der Waals surface area contributed by atoms with Crippen LogP contribution in [0.15, 0.2) is 48.5 Å². The Morgan fingerprint density at radius 2 is 1.73 bits per heavy atom. The fourth-order valence-electron chi connectivity index (χ4n) is 2.32. The van der Waals surface area contributed by atoms with Crippen LogP contribution in [0.3, 0.4) is 0 Å². The molecule has 0 bridgehead atoms. The zero-order valence-electron chi connectivity index (χ0n) is 14.7. The lowest BCUT2D eigenvalue weighted by Crippen LogP contribution is -2.23. The Morgan fingerprint density at radius 1 is 1.04 bits per heavy atom. The van der Waals surface area contributed by atoms with E-state index in [0.717, 1.165) is 0 Å². The molecule has 2 aromatic carbocycles. The number of esters is 1. The Kier molecular flexibility index (Phi) is 6.81. The monoisotopic (exact) mass is 374 g/mol. The Balaban J connectivity index is 2.05. The minimum absolute atomic E-state index is 0.303. The summed E-state index contributed by atoms with van der Waals surface area (Å²) in [4.78, 5) is 24.3. The summed E-state index contributed by atoms with van der Waals surface area (Å²) in [6, 6.07) is 11.7. The molecule has 26 heavy (non-hydrogen) atoms. The second-order valence-corrected chi connectivity index (χ2v) is 5.80. The number of hydrogen-bond donors (Lipinski definition) is 0. The van der Waals surface area contributed by atoms with E-state index >= 15 is 0 Å². The van der Waals surface area contributed by atoms with Gasteiger partial charge < -0.3 is 14.2 Å². The number of methoxy groups -OCH3 is 2. The van der Waals surface area contributed by atoms with Gasteiger partial charge in [-0.1, -0.05) is 23.7 Å². The third-order valence-electron chi connectivity index (χ3n) is 3.62. The first-order valence-electron chi connectivity index (χ1n) is 7.85. The fraction of sp³-hybridized carbons (Fsp3) is 0.200. The molecule has 0 unspecified atom stereocenters. The number of hydrogen-bond acceptors (Lipinski definition) is 5. The third kappa shape index (κ3) is 4.86. The topological polar surface area (TPSA) is 61.8 Å². The average molecular weight is 375 g/mol. The molecule has 2 rings (SSSR count). The summed E-state index contributed by atoms with van der Waals surface area (Å²) >= 11 is 5.80. The lowest BCUT2D eigenvalue weighted by Gasteiger charge is -2.11. The summed E-state index contributed by atoms with van der Waals surface area (Å²) in [5, 5.41) is 0.529. The van der Waals surface area contributed by atoms with Crippen LogP contribution in [-0.2, 0) is 9.53 Å². The number of carbonyl (C=O) groups excluding carboxylic acids is 2. The van der Waals surface area contributed by atoms with Crippen molar-refractivity contribution in [1.82, 2.24) is 0 Å². The minimum Gasteiger partial charge on any atom is -0.493 e. The molecule has 0 heterocycles. The molecule has 0 saturated heterocycles. The summed E-state index contributed by atoms with van der Waals surface area (Å²) in [7, 11) is 3.05. The van der Waals surface area contributed by atoms with Gasteiger partial charge >= 0.3 is 5.97 Å². The van der Waals surface area contributed by atoms with Gasteiger partial charge in [0.2, 0.25) is 5.78 Å². The molecule has 2 aromatic rings. The van der Waals surface area contributed by atoms with E-state index in [9.17, 15) is 9.59 Å². The zero-order chi connectivity index (χ0) is 19.1. The van der Waals surface area contributed by atoms with Crippen molar-refractivity contribution in [3.63, 3.8) is 0 Å². The number of halogens is 1. The van der Waals surface area contributed by atoms with Gasteiger partial charge in [0.25, 0.3) is 0 Å². The predicted octanol–water partition coefficient (Wildman–Crippen LogP) is 4.19. The molecular weight excluding hydrogens is 356 g/mol. The number of ether oxygens (including phenoxy) is 3. The second kappa shape index (κ2) is 9.06. The first-order valence-corrected chi connectivity index (χ1v) is 8.23. The first-order chi connectivity index (χ1) is 12.5. The summed E-state index contributed by atoms with van der Waals surface area (Å²) < 4.78 is 15.7. The van der Waals surface area contributed by atoms with Gasteiger partial charge in [-0.3, -0.25) is 4.79 Å². The molecule has 0 radical (unpaired) electrons. The second-order valence-electron chi connectivity index (χ2n) is 5.37. The van der Waals surface area contributed by atoms with Gasteiger partial charge in [-0.05, 0) is 43.3 Å². The van der Waals surface area contributed by atoms with E-state index in [-0.39, 0.29) is 5.78 Å². The maximum Gasteiger partial charge on any atom is 0.331 e. The van der Waals surface area contributed by atoms with Crippen molar-refractivity contribution in [2.24, 2.45) is 0 Å². The van der Waals surface area contributed by atoms with Crippen LogP contribution in [0.1, 0.15) is 22.8 Å². The lowest BCUT2D eigenvalue weighted by molar-refractivity contribution is -0.140. The average Bonchev–Trinajstić information content (AvgIpc) is 2.65. The number of rotatable bonds is 7. The first kappa shape index (κ1) is 19.5. The van der Waals surface area contributed by atoms with Gasteiger partial charge in [0.15, 0.2) is 17.6 Å². The van der Waals surface area contributed by atoms with Gasteiger partial charge in [-0.15, -0.1) is 0 Å². The largest absolute Gasteiger partial charge is 0.493 e. The van der Waals surface area contributed by atoms with Crippen molar-refractivity contribution in [2.45, 2.75) is 13.0 Å². The SMILES string of the molecule is COc1cccc(/C=C/C(=O)O[C@@H](C)C(=O)c2ccc(Cl)cc2)c1OC. The normalized spacial score (nSPS) is 11.8. The van der Waals surface area contributed by atoms with Gasteiger partial charge in [0.1, 0.15) is 0 Å². The number of carbonyl (C=O) groups is 2. The highest BCUT2D eigenvalue weighted by Crippen LogP contribution is 2.31. The van der Waals surface area contributed by atoms with Crippen LogP contribution in [0.5, 0.6) is 11.5 Å². The van der Waals surface area contributed by atoms with Crippen LogP contribution < -0.4 is 9.47 Å². The van der Waals surface area contributed by atoms with Crippen LogP contribution in [0.4, 0.5) is 0 Å². The zero-order valence-corrected chi connectivity index (χ0v) is 15.4. The molecule has 1 atom stereocenters. The highest BCUT2D eigenvalue weighted by atomic mass is 35.5. The number of benzene rings is 2. The Bertz CT molecular complexity index is 811. The summed E-state index contributed by atoms with van der Waals surface area (Å²) in [6.45, 7) is 1.52. The fourth-order valence-corrected chi connectivity index (χ4v) is 2.44.